The lowest BCUT2D eigenvalue weighted by atomic mass is 10.2. The minimum atomic E-state index is -0.379. The van der Waals surface area contributed by atoms with Crippen LogP contribution in [0.15, 0.2) is 35.1 Å². The number of hydrogen-bond donors (Lipinski definition) is 0. The van der Waals surface area contributed by atoms with Gasteiger partial charge in [-0.15, -0.1) is 0 Å². The molecule has 152 valence electrons. The van der Waals surface area contributed by atoms with Crippen LogP contribution in [-0.2, 0) is 6.54 Å². The highest BCUT2D eigenvalue weighted by Gasteiger charge is 2.19. The largest absolute Gasteiger partial charge is 0.369 e. The van der Waals surface area contributed by atoms with Crippen LogP contribution < -0.4 is 10.5 Å². The van der Waals surface area contributed by atoms with Crippen LogP contribution in [-0.4, -0.2) is 51.5 Å². The molecule has 8 nitrogen and oxygen atoms in total. The summed E-state index contributed by atoms with van der Waals surface area (Å²) in [7, 11) is 0. The maximum absolute atomic E-state index is 12.7. The van der Waals surface area contributed by atoms with E-state index in [0.29, 0.717) is 6.54 Å². The molecule has 29 heavy (non-hydrogen) atoms. The van der Waals surface area contributed by atoms with Gasteiger partial charge in [0.05, 0.1) is 10.3 Å². The second-order valence-corrected chi connectivity index (χ2v) is 8.37. The van der Waals surface area contributed by atoms with Gasteiger partial charge in [-0.05, 0) is 49.1 Å². The smallest absolute Gasteiger partial charge is 0.270 e. The first kappa shape index (κ1) is 19.5. The standard InChI is InChI=1S/C20H23N5O3S/c1-14-13-15(2)21-19-18(14)20(26)24(29-19)12-9-22-7-10-23(11-8-22)16-3-5-17(6-4-16)25(27)28/h3-6,13H,7-12H2,1-2H3. The lowest BCUT2D eigenvalue weighted by molar-refractivity contribution is -0.384. The number of aryl methyl sites for hydroxylation is 2. The number of non-ortho nitro benzene ring substituents is 1. The van der Waals surface area contributed by atoms with Crippen molar-refractivity contribution in [3.05, 3.63) is 62.1 Å². The van der Waals surface area contributed by atoms with Gasteiger partial charge in [0.15, 0.2) is 0 Å². The van der Waals surface area contributed by atoms with Gasteiger partial charge in [0.1, 0.15) is 4.83 Å². The highest BCUT2D eigenvalue weighted by molar-refractivity contribution is 7.13. The molecule has 1 aromatic carbocycles. The summed E-state index contributed by atoms with van der Waals surface area (Å²) < 4.78 is 1.81. The van der Waals surface area contributed by atoms with Crippen molar-refractivity contribution >= 4 is 33.1 Å². The van der Waals surface area contributed by atoms with Crippen molar-refractivity contribution < 1.29 is 4.92 Å². The lowest BCUT2D eigenvalue weighted by Gasteiger charge is -2.36. The van der Waals surface area contributed by atoms with Crippen molar-refractivity contribution in [3.8, 4) is 0 Å². The predicted molar refractivity (Wildman–Crippen MR) is 115 cm³/mol. The Morgan fingerprint density at radius 1 is 1.10 bits per heavy atom. The molecule has 0 spiro atoms. The molecule has 1 saturated heterocycles. The summed E-state index contributed by atoms with van der Waals surface area (Å²) in [4.78, 5) is 33.0. The van der Waals surface area contributed by atoms with Crippen LogP contribution in [0.3, 0.4) is 0 Å². The zero-order valence-corrected chi connectivity index (χ0v) is 17.3. The number of pyridine rings is 1. The summed E-state index contributed by atoms with van der Waals surface area (Å²) in [6, 6.07) is 8.67. The summed E-state index contributed by atoms with van der Waals surface area (Å²) in [6.07, 6.45) is 0. The van der Waals surface area contributed by atoms with Crippen molar-refractivity contribution in [1.29, 1.82) is 0 Å². The molecule has 3 heterocycles. The zero-order chi connectivity index (χ0) is 20.5. The Kier molecular flexibility index (Phi) is 5.33. The minimum Gasteiger partial charge on any atom is -0.369 e. The molecule has 4 rings (SSSR count). The first-order valence-corrected chi connectivity index (χ1v) is 10.4. The van der Waals surface area contributed by atoms with E-state index in [2.05, 4.69) is 14.8 Å². The van der Waals surface area contributed by atoms with E-state index in [-0.39, 0.29) is 16.2 Å². The fourth-order valence-electron chi connectivity index (χ4n) is 3.79. The van der Waals surface area contributed by atoms with Crippen LogP contribution in [0.4, 0.5) is 11.4 Å². The van der Waals surface area contributed by atoms with Crippen LogP contribution in [0, 0.1) is 24.0 Å². The Morgan fingerprint density at radius 3 is 2.45 bits per heavy atom. The fourth-order valence-corrected chi connectivity index (χ4v) is 4.87. The molecule has 0 unspecified atom stereocenters. The Hall–Kier alpha value is -2.78. The first-order chi connectivity index (χ1) is 13.9. The number of nitrogens with zero attached hydrogens (tertiary/aromatic N) is 5. The van der Waals surface area contributed by atoms with Gasteiger partial charge < -0.3 is 4.90 Å². The maximum Gasteiger partial charge on any atom is 0.270 e. The van der Waals surface area contributed by atoms with E-state index in [1.54, 1.807) is 12.1 Å². The van der Waals surface area contributed by atoms with Crippen LogP contribution >= 0.6 is 11.5 Å². The number of rotatable bonds is 5. The molecule has 9 heteroatoms. The average molecular weight is 414 g/mol. The van der Waals surface area contributed by atoms with E-state index in [1.165, 1.54) is 11.5 Å². The third kappa shape index (κ3) is 4.01. The summed E-state index contributed by atoms with van der Waals surface area (Å²) in [5, 5.41) is 11.5. The summed E-state index contributed by atoms with van der Waals surface area (Å²) in [6.45, 7) is 8.91. The van der Waals surface area contributed by atoms with Gasteiger partial charge in [-0.3, -0.25) is 23.8 Å². The number of fused-ring (bicyclic) bond motifs is 1. The van der Waals surface area contributed by atoms with E-state index in [9.17, 15) is 14.9 Å². The van der Waals surface area contributed by atoms with Gasteiger partial charge in [0.2, 0.25) is 0 Å². The van der Waals surface area contributed by atoms with Crippen molar-refractivity contribution in [1.82, 2.24) is 13.8 Å². The molecule has 0 aliphatic carbocycles. The molecule has 0 atom stereocenters. The normalized spacial score (nSPS) is 15.2. The number of nitro benzene ring substituents is 1. The number of aromatic nitrogens is 2. The second kappa shape index (κ2) is 7.92. The summed E-state index contributed by atoms with van der Waals surface area (Å²) in [5.74, 6) is 0. The van der Waals surface area contributed by atoms with E-state index in [4.69, 9.17) is 0 Å². The van der Waals surface area contributed by atoms with Gasteiger partial charge in [-0.2, -0.15) is 0 Å². The number of nitro groups is 1. The van der Waals surface area contributed by atoms with E-state index >= 15 is 0 Å². The first-order valence-electron chi connectivity index (χ1n) is 9.62. The number of anilines is 1. The van der Waals surface area contributed by atoms with Crippen LogP contribution in [0.25, 0.3) is 10.2 Å². The Morgan fingerprint density at radius 2 is 1.79 bits per heavy atom. The van der Waals surface area contributed by atoms with Crippen molar-refractivity contribution in [2.24, 2.45) is 0 Å². The lowest BCUT2D eigenvalue weighted by Crippen LogP contribution is -2.47. The molecule has 1 fully saturated rings. The van der Waals surface area contributed by atoms with Gasteiger partial charge in [-0.1, -0.05) is 0 Å². The van der Waals surface area contributed by atoms with Crippen molar-refractivity contribution in [2.75, 3.05) is 37.6 Å². The van der Waals surface area contributed by atoms with Gasteiger partial charge in [-0.25, -0.2) is 4.98 Å². The summed E-state index contributed by atoms with van der Waals surface area (Å²) in [5.41, 5.74) is 3.10. The second-order valence-electron chi connectivity index (χ2n) is 7.36. The molecule has 0 bridgehead atoms. The fraction of sp³-hybridized carbons (Fsp3) is 0.400. The Balaban J connectivity index is 1.36. The predicted octanol–water partition coefficient (Wildman–Crippen LogP) is 2.81. The molecular weight excluding hydrogens is 390 g/mol. The molecule has 1 aliphatic rings. The molecule has 2 aromatic heterocycles. The van der Waals surface area contributed by atoms with Crippen LogP contribution in [0.5, 0.6) is 0 Å². The number of hydrogen-bond acceptors (Lipinski definition) is 7. The van der Waals surface area contributed by atoms with Gasteiger partial charge in [0, 0.05) is 62.8 Å². The topological polar surface area (TPSA) is 84.5 Å². The molecule has 0 radical (unpaired) electrons. The highest BCUT2D eigenvalue weighted by Crippen LogP contribution is 2.21. The van der Waals surface area contributed by atoms with Crippen LogP contribution in [0.1, 0.15) is 11.3 Å². The summed E-state index contributed by atoms with van der Waals surface area (Å²) >= 11 is 1.44. The van der Waals surface area contributed by atoms with Gasteiger partial charge >= 0.3 is 0 Å². The molecule has 0 saturated carbocycles. The van der Waals surface area contributed by atoms with Crippen LogP contribution in [0.2, 0.25) is 0 Å². The molecular formula is C20H23N5O3S. The SMILES string of the molecule is Cc1cc(C)c2c(=O)n(CCN3CCN(c4ccc([N+](=O)[O-])cc4)CC3)sc2n1. The monoisotopic (exact) mass is 413 g/mol. The number of piperazine rings is 1. The molecule has 0 amide bonds. The number of benzene rings is 1. The Labute approximate surface area is 172 Å². The zero-order valence-electron chi connectivity index (χ0n) is 16.5. The van der Waals surface area contributed by atoms with Crippen molar-refractivity contribution in [3.63, 3.8) is 0 Å². The molecule has 3 aromatic rings. The third-order valence-electron chi connectivity index (χ3n) is 5.37. The highest BCUT2D eigenvalue weighted by atomic mass is 32.1. The molecule has 0 N–H and O–H groups in total. The minimum absolute atomic E-state index is 0.0551. The van der Waals surface area contributed by atoms with E-state index in [1.807, 2.05) is 36.0 Å². The maximum atomic E-state index is 12.7. The quantitative estimate of drug-likeness (QED) is 0.472. The van der Waals surface area contributed by atoms with Gasteiger partial charge in [0.25, 0.3) is 11.2 Å². The third-order valence-corrected chi connectivity index (χ3v) is 6.40. The average Bonchev–Trinajstić information content (AvgIpc) is 3.02. The molecule has 1 aliphatic heterocycles. The Bertz CT molecular complexity index is 1100. The van der Waals surface area contributed by atoms with Crippen molar-refractivity contribution in [2.45, 2.75) is 20.4 Å². The van der Waals surface area contributed by atoms with E-state index in [0.717, 1.165) is 59.9 Å². The van der Waals surface area contributed by atoms with E-state index < -0.39 is 0 Å².